The van der Waals surface area contributed by atoms with E-state index in [1.54, 1.807) is 0 Å². The van der Waals surface area contributed by atoms with Crippen LogP contribution < -0.4 is 24.8 Å². The SMILES string of the molecule is CC=NCCCCC.CC=NCCCCC.[Cl-].[Cl-].[Fe+2]. The molecule has 2 nitrogen and oxygen atoms in total. The Morgan fingerprint density at radius 1 is 0.684 bits per heavy atom. The maximum atomic E-state index is 4.08. The molecule has 0 aromatic carbocycles. The van der Waals surface area contributed by atoms with Gasteiger partial charge in [-0.25, -0.2) is 0 Å². The topological polar surface area (TPSA) is 24.7 Å². The fourth-order valence-electron chi connectivity index (χ4n) is 1.16. The van der Waals surface area contributed by atoms with Crippen LogP contribution in [0.15, 0.2) is 9.98 Å². The van der Waals surface area contributed by atoms with E-state index >= 15 is 0 Å². The van der Waals surface area contributed by atoms with Gasteiger partial charge in [0.1, 0.15) is 0 Å². The van der Waals surface area contributed by atoms with E-state index in [0.29, 0.717) is 0 Å². The van der Waals surface area contributed by atoms with Gasteiger partial charge in [-0.1, -0.05) is 39.5 Å². The van der Waals surface area contributed by atoms with Crippen molar-refractivity contribution in [2.45, 2.75) is 66.2 Å². The molecule has 0 aromatic heterocycles. The van der Waals surface area contributed by atoms with Crippen LogP contribution in [0.3, 0.4) is 0 Å². The first-order valence-electron chi connectivity index (χ1n) is 6.72. The van der Waals surface area contributed by atoms with Crippen molar-refractivity contribution in [2.24, 2.45) is 9.98 Å². The average Bonchev–Trinajstić information content (AvgIpc) is 2.31. The van der Waals surface area contributed by atoms with Gasteiger partial charge in [-0.3, -0.25) is 9.98 Å². The Kier molecular flexibility index (Phi) is 60.5. The van der Waals surface area contributed by atoms with Crippen LogP contribution in [0, 0.1) is 0 Å². The first-order chi connectivity index (χ1) is 7.83. The molecule has 118 valence electrons. The Balaban J connectivity index is -0.0000000594. The van der Waals surface area contributed by atoms with E-state index in [1.807, 2.05) is 26.3 Å². The van der Waals surface area contributed by atoms with Crippen molar-refractivity contribution in [2.75, 3.05) is 13.1 Å². The van der Waals surface area contributed by atoms with Gasteiger partial charge in [-0.2, -0.15) is 0 Å². The summed E-state index contributed by atoms with van der Waals surface area (Å²) in [6.45, 7) is 10.4. The average molecular weight is 353 g/mol. The van der Waals surface area contributed by atoms with Gasteiger partial charge in [0.15, 0.2) is 0 Å². The second-order valence-electron chi connectivity index (χ2n) is 3.74. The molecule has 0 amide bonds. The normalized spacial score (nSPS) is 9.05. The Morgan fingerprint density at radius 2 is 1.00 bits per heavy atom. The van der Waals surface area contributed by atoms with Crippen LogP contribution in [0.5, 0.6) is 0 Å². The summed E-state index contributed by atoms with van der Waals surface area (Å²) in [5.74, 6) is 0. The molecule has 0 saturated carbocycles. The fourth-order valence-corrected chi connectivity index (χ4v) is 1.16. The Bertz CT molecular complexity index is 148. The standard InChI is InChI=1S/2C7H15N.2ClH.Fe/c2*1-3-5-6-7-8-4-2;;;/h2*4H,3,5-7H2,1-2H3;2*1H;/q;;;;+2/p-2. The van der Waals surface area contributed by atoms with Crippen LogP contribution in [0.1, 0.15) is 66.2 Å². The molecule has 0 bridgehead atoms. The maximum absolute atomic E-state index is 4.08. The maximum Gasteiger partial charge on any atom is 2.00 e. The molecule has 0 radical (unpaired) electrons. The molecule has 0 N–H and O–H groups in total. The van der Waals surface area contributed by atoms with Gasteiger partial charge < -0.3 is 24.8 Å². The summed E-state index contributed by atoms with van der Waals surface area (Å²) >= 11 is 0. The summed E-state index contributed by atoms with van der Waals surface area (Å²) in [6, 6.07) is 0. The minimum absolute atomic E-state index is 0. The van der Waals surface area contributed by atoms with Crippen LogP contribution in [0.4, 0.5) is 0 Å². The third-order valence-electron chi connectivity index (χ3n) is 2.15. The third kappa shape index (κ3) is 45.7. The summed E-state index contributed by atoms with van der Waals surface area (Å²) in [4.78, 5) is 8.17. The van der Waals surface area contributed by atoms with Crippen molar-refractivity contribution in [3.8, 4) is 0 Å². The Hall–Kier alpha value is 0.439. The van der Waals surface area contributed by atoms with Gasteiger partial charge in [0, 0.05) is 13.1 Å². The van der Waals surface area contributed by atoms with Crippen molar-refractivity contribution < 1.29 is 41.9 Å². The van der Waals surface area contributed by atoms with Crippen molar-refractivity contribution in [3.05, 3.63) is 0 Å². The Labute approximate surface area is 143 Å². The van der Waals surface area contributed by atoms with Crippen LogP contribution in [0.25, 0.3) is 0 Å². The fraction of sp³-hybridized carbons (Fsp3) is 0.857. The molecule has 0 fully saturated rings. The number of unbranched alkanes of at least 4 members (excludes halogenated alkanes) is 4. The molecule has 19 heavy (non-hydrogen) atoms. The van der Waals surface area contributed by atoms with E-state index in [0.717, 1.165) is 13.1 Å². The Morgan fingerprint density at radius 3 is 1.21 bits per heavy atom. The van der Waals surface area contributed by atoms with E-state index < -0.39 is 0 Å². The van der Waals surface area contributed by atoms with Crippen LogP contribution >= 0.6 is 0 Å². The molecule has 0 saturated heterocycles. The first kappa shape index (κ1) is 31.7. The molecule has 0 atom stereocenters. The number of halogens is 2. The predicted octanol–water partition coefficient (Wildman–Crippen LogP) is -1.46. The molecular formula is C14H30Cl2FeN2. The molecule has 0 spiro atoms. The summed E-state index contributed by atoms with van der Waals surface area (Å²) in [7, 11) is 0. The first-order valence-corrected chi connectivity index (χ1v) is 6.72. The molecular weight excluding hydrogens is 323 g/mol. The zero-order valence-corrected chi connectivity index (χ0v) is 15.4. The third-order valence-corrected chi connectivity index (χ3v) is 2.15. The largest absolute Gasteiger partial charge is 2.00 e. The van der Waals surface area contributed by atoms with Gasteiger partial charge in [0.25, 0.3) is 0 Å². The number of rotatable bonds is 8. The van der Waals surface area contributed by atoms with Crippen LogP contribution in [-0.4, -0.2) is 25.5 Å². The molecule has 0 aliphatic rings. The number of nitrogens with zero attached hydrogens (tertiary/aromatic N) is 2. The van der Waals surface area contributed by atoms with E-state index in [2.05, 4.69) is 23.8 Å². The minimum Gasteiger partial charge on any atom is -1.00 e. The van der Waals surface area contributed by atoms with E-state index in [9.17, 15) is 0 Å². The van der Waals surface area contributed by atoms with Crippen LogP contribution in [0.2, 0.25) is 0 Å². The second-order valence-corrected chi connectivity index (χ2v) is 3.74. The zero-order chi connectivity index (χ0) is 12.5. The molecule has 0 aromatic rings. The molecule has 0 aliphatic heterocycles. The van der Waals surface area contributed by atoms with Gasteiger partial charge in [0.05, 0.1) is 0 Å². The van der Waals surface area contributed by atoms with Gasteiger partial charge in [-0.15, -0.1) is 0 Å². The predicted molar refractivity (Wildman–Crippen MR) is 77.1 cm³/mol. The number of hydrogen-bond donors (Lipinski definition) is 0. The monoisotopic (exact) mass is 352 g/mol. The van der Waals surface area contributed by atoms with Gasteiger partial charge in [0.2, 0.25) is 0 Å². The van der Waals surface area contributed by atoms with Gasteiger partial charge >= 0.3 is 17.1 Å². The summed E-state index contributed by atoms with van der Waals surface area (Å²) in [5, 5.41) is 0. The molecule has 0 aliphatic carbocycles. The molecule has 0 unspecified atom stereocenters. The zero-order valence-electron chi connectivity index (χ0n) is 12.8. The molecule has 0 rings (SSSR count). The van der Waals surface area contributed by atoms with E-state index in [1.165, 1.54) is 38.5 Å². The van der Waals surface area contributed by atoms with Crippen LogP contribution in [-0.2, 0) is 17.1 Å². The quantitative estimate of drug-likeness (QED) is 0.290. The smallest absolute Gasteiger partial charge is 1.00 e. The summed E-state index contributed by atoms with van der Waals surface area (Å²) in [6.07, 6.45) is 11.5. The van der Waals surface area contributed by atoms with Crippen molar-refractivity contribution in [3.63, 3.8) is 0 Å². The van der Waals surface area contributed by atoms with Crippen molar-refractivity contribution >= 4 is 12.4 Å². The van der Waals surface area contributed by atoms with E-state index in [4.69, 9.17) is 0 Å². The number of hydrogen-bond acceptors (Lipinski definition) is 2. The minimum atomic E-state index is 0. The van der Waals surface area contributed by atoms with Crippen molar-refractivity contribution in [1.29, 1.82) is 0 Å². The van der Waals surface area contributed by atoms with Gasteiger partial charge in [-0.05, 0) is 39.1 Å². The van der Waals surface area contributed by atoms with E-state index in [-0.39, 0.29) is 41.9 Å². The molecule has 5 heteroatoms. The number of aliphatic imine (C=N–C) groups is 2. The molecule has 0 heterocycles. The summed E-state index contributed by atoms with van der Waals surface area (Å²) in [5.41, 5.74) is 0. The van der Waals surface area contributed by atoms with Crippen molar-refractivity contribution in [1.82, 2.24) is 0 Å². The second kappa shape index (κ2) is 36.2. The summed E-state index contributed by atoms with van der Waals surface area (Å²) < 4.78 is 0.